The second kappa shape index (κ2) is 4.45. The van der Waals surface area contributed by atoms with Crippen LogP contribution in [-0.2, 0) is 0 Å². The van der Waals surface area contributed by atoms with Crippen molar-refractivity contribution in [3.05, 3.63) is 24.6 Å². The third-order valence-electron chi connectivity index (χ3n) is 1.33. The van der Waals surface area contributed by atoms with Crippen LogP contribution in [0.2, 0.25) is 0 Å². The van der Waals surface area contributed by atoms with Crippen LogP contribution in [-0.4, -0.2) is 4.98 Å². The van der Waals surface area contributed by atoms with Gasteiger partial charge in [0.1, 0.15) is 6.07 Å². The van der Waals surface area contributed by atoms with E-state index in [0.717, 1.165) is 6.20 Å². The van der Waals surface area contributed by atoms with Gasteiger partial charge in [-0.05, 0) is 45.2 Å². The van der Waals surface area contributed by atoms with Crippen LogP contribution in [0.3, 0.4) is 0 Å². The van der Waals surface area contributed by atoms with E-state index >= 15 is 0 Å². The summed E-state index contributed by atoms with van der Waals surface area (Å²) in [6, 6.07) is 1.83. The fourth-order valence-corrected chi connectivity index (χ4v) is 1.91. The van der Waals surface area contributed by atoms with Gasteiger partial charge in [-0.2, -0.15) is 5.26 Å². The third-order valence-corrected chi connectivity index (χ3v) is 4.57. The molecular formula is C7H2F2I2N2. The molecule has 1 rings (SSSR count). The summed E-state index contributed by atoms with van der Waals surface area (Å²) in [5, 5.41) is 8.56. The Morgan fingerprint density at radius 1 is 1.38 bits per heavy atom. The first-order valence-corrected chi connectivity index (χ1v) is 5.25. The molecule has 0 aliphatic heterocycles. The van der Waals surface area contributed by atoms with E-state index in [1.165, 1.54) is 0 Å². The van der Waals surface area contributed by atoms with Crippen LogP contribution in [0.15, 0.2) is 6.20 Å². The Balaban J connectivity index is 3.33. The topological polar surface area (TPSA) is 36.7 Å². The zero-order chi connectivity index (χ0) is 10.0. The number of pyridine rings is 1. The Morgan fingerprint density at radius 3 is 2.46 bits per heavy atom. The zero-order valence-electron chi connectivity index (χ0n) is 6.06. The summed E-state index contributed by atoms with van der Waals surface area (Å²) in [5.74, 6) is 0. The summed E-state index contributed by atoms with van der Waals surface area (Å²) in [5.41, 5.74) is 0.0680. The number of hydrogen-bond acceptors (Lipinski definition) is 2. The predicted octanol–water partition coefficient (Wildman–Crippen LogP) is 3.10. The molecule has 0 atom stereocenters. The molecule has 0 saturated heterocycles. The van der Waals surface area contributed by atoms with E-state index in [-0.39, 0.29) is 11.3 Å². The van der Waals surface area contributed by atoms with E-state index in [1.54, 1.807) is 22.6 Å². The van der Waals surface area contributed by atoms with Crippen LogP contribution in [0.5, 0.6) is 0 Å². The number of nitriles is 1. The van der Waals surface area contributed by atoms with Gasteiger partial charge >= 0.3 is 0 Å². The van der Waals surface area contributed by atoms with Gasteiger partial charge < -0.3 is 0 Å². The SMILES string of the molecule is N#Cc1ncc(C(F)F)c(I)c1I. The Labute approximate surface area is 101 Å². The molecule has 0 radical (unpaired) electrons. The van der Waals surface area contributed by atoms with Crippen LogP contribution < -0.4 is 0 Å². The molecular weight excluding hydrogens is 404 g/mol. The molecule has 0 spiro atoms. The lowest BCUT2D eigenvalue weighted by Crippen LogP contribution is -1.98. The molecule has 0 unspecified atom stereocenters. The van der Waals surface area contributed by atoms with Crippen LogP contribution in [0.1, 0.15) is 17.7 Å². The average molecular weight is 406 g/mol. The molecule has 2 nitrogen and oxygen atoms in total. The highest BCUT2D eigenvalue weighted by molar-refractivity contribution is 14.1. The molecule has 0 aromatic carbocycles. The lowest BCUT2D eigenvalue weighted by Gasteiger charge is -2.04. The van der Waals surface area contributed by atoms with Gasteiger partial charge in [0.2, 0.25) is 0 Å². The maximum absolute atomic E-state index is 12.3. The Morgan fingerprint density at radius 2 is 2.00 bits per heavy atom. The normalized spacial score (nSPS) is 10.2. The first-order valence-electron chi connectivity index (χ1n) is 3.10. The fraction of sp³-hybridized carbons (Fsp3) is 0.143. The van der Waals surface area contributed by atoms with E-state index in [4.69, 9.17) is 5.26 Å². The van der Waals surface area contributed by atoms with E-state index < -0.39 is 6.43 Å². The number of nitrogens with zero attached hydrogens (tertiary/aromatic N) is 2. The number of aromatic nitrogens is 1. The molecule has 0 aliphatic rings. The molecule has 6 heteroatoms. The van der Waals surface area contributed by atoms with E-state index in [2.05, 4.69) is 4.98 Å². The smallest absolute Gasteiger partial charge is 0.244 e. The highest BCUT2D eigenvalue weighted by atomic mass is 127. The van der Waals surface area contributed by atoms with E-state index in [1.807, 2.05) is 28.7 Å². The van der Waals surface area contributed by atoms with Gasteiger partial charge in [0.15, 0.2) is 5.69 Å². The second-order valence-corrected chi connectivity index (χ2v) is 4.26. The minimum Gasteiger partial charge on any atom is -0.244 e. The van der Waals surface area contributed by atoms with Gasteiger partial charge in [0.05, 0.1) is 9.13 Å². The van der Waals surface area contributed by atoms with Crippen molar-refractivity contribution in [2.75, 3.05) is 0 Å². The number of hydrogen-bond donors (Lipinski definition) is 0. The Kier molecular flexibility index (Phi) is 3.78. The molecule has 1 aromatic rings. The van der Waals surface area contributed by atoms with E-state index in [9.17, 15) is 8.78 Å². The highest BCUT2D eigenvalue weighted by Crippen LogP contribution is 2.28. The minimum absolute atomic E-state index is 0.121. The minimum atomic E-state index is -2.54. The molecule has 0 bridgehead atoms. The van der Waals surface area contributed by atoms with Gasteiger partial charge in [-0.15, -0.1) is 0 Å². The lowest BCUT2D eigenvalue weighted by atomic mass is 10.2. The summed E-state index contributed by atoms with van der Waals surface area (Å²) < 4.78 is 25.5. The standard InChI is InChI=1S/C7H2F2I2N2/c8-7(9)3-2-13-4(1-12)6(11)5(3)10/h2,7H. The average Bonchev–Trinajstić information content (AvgIpc) is 2.09. The molecule has 0 saturated carbocycles. The van der Waals surface area contributed by atoms with Crippen molar-refractivity contribution in [1.82, 2.24) is 4.98 Å². The number of rotatable bonds is 1. The van der Waals surface area contributed by atoms with Crippen molar-refractivity contribution in [2.24, 2.45) is 0 Å². The van der Waals surface area contributed by atoms with E-state index in [0.29, 0.717) is 7.14 Å². The fourth-order valence-electron chi connectivity index (χ4n) is 0.708. The monoisotopic (exact) mass is 406 g/mol. The zero-order valence-corrected chi connectivity index (χ0v) is 10.4. The van der Waals surface area contributed by atoms with Crippen LogP contribution in [0.4, 0.5) is 8.78 Å². The molecule has 13 heavy (non-hydrogen) atoms. The Hall–Kier alpha value is -0.0400. The van der Waals surface area contributed by atoms with Crippen molar-refractivity contribution in [2.45, 2.75) is 6.43 Å². The van der Waals surface area contributed by atoms with Crippen LogP contribution in [0.25, 0.3) is 0 Å². The first-order chi connectivity index (χ1) is 6.07. The van der Waals surface area contributed by atoms with Crippen molar-refractivity contribution in [1.29, 1.82) is 5.26 Å². The third kappa shape index (κ3) is 2.25. The number of alkyl halides is 2. The van der Waals surface area contributed by atoms with Crippen molar-refractivity contribution >= 4 is 45.2 Å². The first kappa shape index (κ1) is 11.0. The molecule has 0 N–H and O–H groups in total. The molecule has 68 valence electrons. The van der Waals surface area contributed by atoms with Crippen molar-refractivity contribution in [3.63, 3.8) is 0 Å². The second-order valence-electron chi connectivity index (χ2n) is 2.10. The van der Waals surface area contributed by atoms with Crippen molar-refractivity contribution in [3.8, 4) is 6.07 Å². The van der Waals surface area contributed by atoms with Gasteiger partial charge in [-0.1, -0.05) is 0 Å². The molecule has 1 aromatic heterocycles. The van der Waals surface area contributed by atoms with Gasteiger partial charge in [-0.3, -0.25) is 0 Å². The van der Waals surface area contributed by atoms with Crippen LogP contribution in [0, 0.1) is 18.5 Å². The maximum atomic E-state index is 12.3. The lowest BCUT2D eigenvalue weighted by molar-refractivity contribution is 0.150. The van der Waals surface area contributed by atoms with Gasteiger partial charge in [0.25, 0.3) is 6.43 Å². The summed E-state index contributed by atoms with van der Waals surface area (Å²) in [6.45, 7) is 0. The highest BCUT2D eigenvalue weighted by Gasteiger charge is 2.16. The number of halogens is 4. The molecule has 0 amide bonds. The van der Waals surface area contributed by atoms with Gasteiger partial charge in [0, 0.05) is 9.77 Å². The summed E-state index contributed by atoms with van der Waals surface area (Å²) in [4.78, 5) is 3.63. The van der Waals surface area contributed by atoms with Gasteiger partial charge in [-0.25, -0.2) is 13.8 Å². The summed E-state index contributed by atoms with van der Waals surface area (Å²) in [6.07, 6.45) is -1.49. The maximum Gasteiger partial charge on any atom is 0.266 e. The summed E-state index contributed by atoms with van der Waals surface area (Å²) >= 11 is 3.63. The molecule has 0 fully saturated rings. The quantitative estimate of drug-likeness (QED) is 0.673. The predicted molar refractivity (Wildman–Crippen MR) is 59.3 cm³/mol. The summed E-state index contributed by atoms with van der Waals surface area (Å²) in [7, 11) is 0. The Bertz CT molecular complexity index is 373. The van der Waals surface area contributed by atoms with Crippen molar-refractivity contribution < 1.29 is 8.78 Å². The largest absolute Gasteiger partial charge is 0.266 e. The van der Waals surface area contributed by atoms with Crippen LogP contribution >= 0.6 is 45.2 Å². The molecule has 1 heterocycles. The molecule has 0 aliphatic carbocycles.